The lowest BCUT2D eigenvalue weighted by Crippen LogP contribution is -2.46. The Hall–Kier alpha value is -0.800. The number of benzene rings is 1. The zero-order valence-corrected chi connectivity index (χ0v) is 13.2. The molecule has 2 N–H and O–H groups in total. The van der Waals surface area contributed by atoms with Gasteiger partial charge in [0.15, 0.2) is 0 Å². The van der Waals surface area contributed by atoms with Crippen molar-refractivity contribution in [2.24, 2.45) is 11.7 Å². The Morgan fingerprint density at radius 1 is 1.20 bits per heavy atom. The van der Waals surface area contributed by atoms with Crippen LogP contribution in [0, 0.1) is 5.92 Å². The molecule has 20 heavy (non-hydrogen) atoms. The minimum absolute atomic E-state index is 0.371. The smallest absolute Gasteiger partial charge is 0.105 e. The molecule has 1 aliphatic carbocycles. The zero-order chi connectivity index (χ0) is 14.1. The topological polar surface area (TPSA) is 29.3 Å². The van der Waals surface area contributed by atoms with Crippen LogP contribution in [0.3, 0.4) is 0 Å². The molecule has 2 nitrogen and oxygen atoms in total. The zero-order valence-electron chi connectivity index (χ0n) is 11.6. The highest BCUT2D eigenvalue weighted by Gasteiger charge is 2.33. The van der Waals surface area contributed by atoms with Crippen LogP contribution in [-0.4, -0.2) is 17.6 Å². The standard InChI is InChI=1S/C16H21ClN2S/c17-14-10-12(7-8-13(14)16(18)20)19-9-3-5-11-4-1-2-6-15(11)19/h7-8,10-11,15H,1-6,9H2,(H2,18,20). The molecular weight excluding hydrogens is 288 g/mol. The average molecular weight is 309 g/mol. The molecule has 2 fully saturated rings. The highest BCUT2D eigenvalue weighted by atomic mass is 35.5. The van der Waals surface area contributed by atoms with E-state index in [4.69, 9.17) is 29.6 Å². The van der Waals surface area contributed by atoms with E-state index < -0.39 is 0 Å². The number of anilines is 1. The molecule has 1 aliphatic heterocycles. The first-order valence-electron chi connectivity index (χ1n) is 7.53. The Bertz CT molecular complexity index is 515. The Kier molecular flexibility index (Phi) is 4.18. The molecule has 0 radical (unpaired) electrons. The molecule has 1 heterocycles. The van der Waals surface area contributed by atoms with Gasteiger partial charge in [0.1, 0.15) is 4.99 Å². The van der Waals surface area contributed by atoms with Crippen molar-refractivity contribution >= 4 is 34.5 Å². The van der Waals surface area contributed by atoms with Gasteiger partial charge < -0.3 is 10.6 Å². The molecule has 0 spiro atoms. The van der Waals surface area contributed by atoms with Gasteiger partial charge in [0, 0.05) is 23.8 Å². The molecule has 108 valence electrons. The second-order valence-electron chi connectivity index (χ2n) is 5.98. The van der Waals surface area contributed by atoms with Crippen molar-refractivity contribution in [2.75, 3.05) is 11.4 Å². The normalized spacial score (nSPS) is 26.1. The number of thiocarbonyl (C=S) groups is 1. The van der Waals surface area contributed by atoms with Gasteiger partial charge in [-0.2, -0.15) is 0 Å². The number of hydrogen-bond donors (Lipinski definition) is 1. The third-order valence-electron chi connectivity index (χ3n) is 4.79. The van der Waals surface area contributed by atoms with Crippen LogP contribution in [0.5, 0.6) is 0 Å². The van der Waals surface area contributed by atoms with E-state index in [1.807, 2.05) is 12.1 Å². The van der Waals surface area contributed by atoms with Crippen molar-refractivity contribution < 1.29 is 0 Å². The molecule has 1 saturated heterocycles. The fraction of sp³-hybridized carbons (Fsp3) is 0.562. The second kappa shape index (κ2) is 5.90. The molecule has 1 saturated carbocycles. The first kappa shape index (κ1) is 14.2. The molecule has 1 aromatic rings. The Morgan fingerprint density at radius 3 is 2.70 bits per heavy atom. The maximum Gasteiger partial charge on any atom is 0.105 e. The van der Waals surface area contributed by atoms with Gasteiger partial charge in [-0.3, -0.25) is 0 Å². The lowest BCUT2D eigenvalue weighted by atomic mass is 9.78. The van der Waals surface area contributed by atoms with Gasteiger partial charge >= 0.3 is 0 Å². The van der Waals surface area contributed by atoms with E-state index in [9.17, 15) is 0 Å². The van der Waals surface area contributed by atoms with Gasteiger partial charge in [0.25, 0.3) is 0 Å². The Balaban J connectivity index is 1.87. The summed E-state index contributed by atoms with van der Waals surface area (Å²) in [5, 5.41) is 0.674. The number of nitrogens with zero attached hydrogens (tertiary/aromatic N) is 1. The van der Waals surface area contributed by atoms with Crippen molar-refractivity contribution in [1.82, 2.24) is 0 Å². The van der Waals surface area contributed by atoms with E-state index in [2.05, 4.69) is 11.0 Å². The highest BCUT2D eigenvalue weighted by Crippen LogP contribution is 2.38. The second-order valence-corrected chi connectivity index (χ2v) is 6.82. The summed E-state index contributed by atoms with van der Waals surface area (Å²) < 4.78 is 0. The summed E-state index contributed by atoms with van der Waals surface area (Å²) in [7, 11) is 0. The highest BCUT2D eigenvalue weighted by molar-refractivity contribution is 7.80. The third-order valence-corrected chi connectivity index (χ3v) is 5.33. The largest absolute Gasteiger partial charge is 0.389 e. The van der Waals surface area contributed by atoms with Crippen LogP contribution in [0.2, 0.25) is 5.02 Å². The summed E-state index contributed by atoms with van der Waals surface area (Å²) >= 11 is 11.3. The summed E-state index contributed by atoms with van der Waals surface area (Å²) in [4.78, 5) is 2.93. The molecule has 1 aromatic carbocycles. The van der Waals surface area contributed by atoms with Gasteiger partial charge in [0.2, 0.25) is 0 Å². The van der Waals surface area contributed by atoms with Crippen molar-refractivity contribution in [3.05, 3.63) is 28.8 Å². The monoisotopic (exact) mass is 308 g/mol. The van der Waals surface area contributed by atoms with Gasteiger partial charge in [0.05, 0.1) is 5.02 Å². The van der Waals surface area contributed by atoms with Gasteiger partial charge in [-0.05, 0) is 49.8 Å². The van der Waals surface area contributed by atoms with E-state index in [1.165, 1.54) is 44.2 Å². The fourth-order valence-corrected chi connectivity index (χ4v) is 4.34. The van der Waals surface area contributed by atoms with E-state index in [1.54, 1.807) is 0 Å². The Labute approximate surface area is 131 Å². The number of fused-ring (bicyclic) bond motifs is 1. The first-order chi connectivity index (χ1) is 9.66. The number of nitrogens with two attached hydrogens (primary N) is 1. The van der Waals surface area contributed by atoms with Crippen LogP contribution in [0.25, 0.3) is 0 Å². The van der Waals surface area contributed by atoms with Crippen LogP contribution in [0.15, 0.2) is 18.2 Å². The minimum Gasteiger partial charge on any atom is -0.389 e. The molecular formula is C16H21ClN2S. The lowest BCUT2D eigenvalue weighted by molar-refractivity contribution is 0.244. The molecule has 2 aliphatic rings. The third kappa shape index (κ3) is 2.66. The SMILES string of the molecule is NC(=S)c1ccc(N2CCCC3CCCCC32)cc1Cl. The van der Waals surface area contributed by atoms with Crippen LogP contribution in [-0.2, 0) is 0 Å². The molecule has 0 amide bonds. The summed E-state index contributed by atoms with van der Waals surface area (Å²) in [5.74, 6) is 0.867. The van der Waals surface area contributed by atoms with Crippen LogP contribution in [0.4, 0.5) is 5.69 Å². The maximum absolute atomic E-state index is 6.32. The average Bonchev–Trinajstić information content (AvgIpc) is 2.46. The molecule has 3 rings (SSSR count). The predicted molar refractivity (Wildman–Crippen MR) is 89.7 cm³/mol. The van der Waals surface area contributed by atoms with E-state index in [0.717, 1.165) is 18.0 Å². The summed E-state index contributed by atoms with van der Waals surface area (Å²) in [5.41, 5.74) is 7.69. The molecule has 0 aromatic heterocycles. The summed E-state index contributed by atoms with van der Waals surface area (Å²) in [6.45, 7) is 1.14. The van der Waals surface area contributed by atoms with Crippen molar-refractivity contribution in [2.45, 2.75) is 44.6 Å². The number of hydrogen-bond acceptors (Lipinski definition) is 2. The van der Waals surface area contributed by atoms with Crippen molar-refractivity contribution in [1.29, 1.82) is 0 Å². The maximum atomic E-state index is 6.32. The van der Waals surface area contributed by atoms with Gasteiger partial charge in [-0.25, -0.2) is 0 Å². The lowest BCUT2D eigenvalue weighted by Gasteiger charge is -2.45. The van der Waals surface area contributed by atoms with E-state index in [-0.39, 0.29) is 0 Å². The number of piperidine rings is 1. The molecule has 2 atom stereocenters. The Morgan fingerprint density at radius 2 is 1.95 bits per heavy atom. The minimum atomic E-state index is 0.371. The summed E-state index contributed by atoms with van der Waals surface area (Å²) in [6, 6.07) is 6.82. The fourth-order valence-electron chi connectivity index (χ4n) is 3.83. The van der Waals surface area contributed by atoms with Crippen LogP contribution >= 0.6 is 23.8 Å². The molecule has 2 unspecified atom stereocenters. The van der Waals surface area contributed by atoms with Crippen LogP contribution < -0.4 is 10.6 Å². The number of rotatable bonds is 2. The van der Waals surface area contributed by atoms with E-state index >= 15 is 0 Å². The van der Waals surface area contributed by atoms with Crippen molar-refractivity contribution in [3.63, 3.8) is 0 Å². The molecule has 0 bridgehead atoms. The van der Waals surface area contributed by atoms with Crippen molar-refractivity contribution in [3.8, 4) is 0 Å². The quantitative estimate of drug-likeness (QED) is 0.833. The van der Waals surface area contributed by atoms with Gasteiger partial charge in [-0.15, -0.1) is 0 Å². The summed E-state index contributed by atoms with van der Waals surface area (Å²) in [6.07, 6.45) is 8.14. The van der Waals surface area contributed by atoms with E-state index in [0.29, 0.717) is 16.1 Å². The van der Waals surface area contributed by atoms with Crippen LogP contribution in [0.1, 0.15) is 44.1 Å². The predicted octanol–water partition coefficient (Wildman–Crippen LogP) is 4.13. The molecule has 4 heteroatoms. The first-order valence-corrected chi connectivity index (χ1v) is 8.31. The number of halogens is 1. The van der Waals surface area contributed by atoms with Gasteiger partial charge in [-0.1, -0.05) is 36.7 Å².